The summed E-state index contributed by atoms with van der Waals surface area (Å²) in [6.45, 7) is 0.906. The highest BCUT2D eigenvalue weighted by atomic mass is 35.5. The lowest BCUT2D eigenvalue weighted by Crippen LogP contribution is -2.54. The molecule has 1 aliphatic heterocycles. The lowest BCUT2D eigenvalue weighted by molar-refractivity contribution is -0.0295. The smallest absolute Gasteiger partial charge is 0.246 e. The maximum Gasteiger partial charge on any atom is 0.246 e. The van der Waals surface area contributed by atoms with E-state index in [2.05, 4.69) is 0 Å². The Morgan fingerprint density at radius 1 is 1.16 bits per heavy atom. The lowest BCUT2D eigenvalue weighted by atomic mass is 10.2. The van der Waals surface area contributed by atoms with Crippen LogP contribution in [-0.4, -0.2) is 39.0 Å². The molecule has 0 unspecified atom stereocenters. The maximum absolute atomic E-state index is 12.7. The Labute approximate surface area is 157 Å². The largest absolute Gasteiger partial charge is 0.495 e. The molecular weight excluding hydrogens is 385 g/mol. The van der Waals surface area contributed by atoms with Crippen molar-refractivity contribution in [3.8, 4) is 5.75 Å². The molecule has 134 valence electrons. The molecule has 0 aromatic heterocycles. The van der Waals surface area contributed by atoms with E-state index in [1.807, 2.05) is 18.2 Å². The van der Waals surface area contributed by atoms with Gasteiger partial charge in [-0.1, -0.05) is 41.4 Å². The fourth-order valence-electron chi connectivity index (χ4n) is 2.52. The summed E-state index contributed by atoms with van der Waals surface area (Å²) < 4.78 is 37.7. The van der Waals surface area contributed by atoms with Gasteiger partial charge in [0.1, 0.15) is 10.6 Å². The molecule has 5 nitrogen and oxygen atoms in total. The molecule has 0 radical (unpaired) electrons. The van der Waals surface area contributed by atoms with Crippen molar-refractivity contribution < 1.29 is 17.9 Å². The van der Waals surface area contributed by atoms with E-state index in [-0.39, 0.29) is 29.8 Å². The molecule has 2 aromatic carbocycles. The van der Waals surface area contributed by atoms with Crippen molar-refractivity contribution in [1.82, 2.24) is 4.31 Å². The number of hydrogen-bond acceptors (Lipinski definition) is 4. The molecule has 1 fully saturated rings. The number of halogens is 2. The van der Waals surface area contributed by atoms with E-state index in [4.69, 9.17) is 32.7 Å². The van der Waals surface area contributed by atoms with Gasteiger partial charge in [0.05, 0.1) is 19.8 Å². The van der Waals surface area contributed by atoms with Gasteiger partial charge < -0.3 is 9.47 Å². The normalized spacial score (nSPS) is 15.8. The highest BCUT2D eigenvalue weighted by Gasteiger charge is 2.38. The summed E-state index contributed by atoms with van der Waals surface area (Å²) in [5.41, 5.74) is 0.877. The van der Waals surface area contributed by atoms with Gasteiger partial charge in [0, 0.05) is 23.1 Å². The summed E-state index contributed by atoms with van der Waals surface area (Å²) in [4.78, 5) is 0.0621. The van der Waals surface area contributed by atoms with Crippen molar-refractivity contribution in [3.63, 3.8) is 0 Å². The summed E-state index contributed by atoms with van der Waals surface area (Å²) in [5, 5.41) is 0.974. The van der Waals surface area contributed by atoms with Gasteiger partial charge in [0.2, 0.25) is 10.0 Å². The minimum absolute atomic E-state index is 0.0621. The van der Waals surface area contributed by atoms with E-state index >= 15 is 0 Å². The van der Waals surface area contributed by atoms with Gasteiger partial charge >= 0.3 is 0 Å². The average molecular weight is 402 g/mol. The Morgan fingerprint density at radius 2 is 1.88 bits per heavy atom. The molecule has 0 spiro atoms. The predicted molar refractivity (Wildman–Crippen MR) is 96.8 cm³/mol. The van der Waals surface area contributed by atoms with E-state index in [0.29, 0.717) is 16.7 Å². The molecule has 1 aliphatic rings. The van der Waals surface area contributed by atoms with Gasteiger partial charge in [0.25, 0.3) is 0 Å². The first-order chi connectivity index (χ1) is 11.9. The van der Waals surface area contributed by atoms with E-state index in [1.165, 1.54) is 17.5 Å². The first-order valence-electron chi connectivity index (χ1n) is 7.60. The predicted octanol–water partition coefficient (Wildman–Crippen LogP) is 3.59. The fraction of sp³-hybridized carbons (Fsp3) is 0.294. The zero-order valence-corrected chi connectivity index (χ0v) is 15.8. The molecule has 0 atom stereocenters. The molecule has 1 heterocycles. The SMILES string of the molecule is COc1ccc(Cl)cc1S(=O)(=O)N1CC(OCc2ccccc2Cl)C1. The molecule has 0 N–H and O–H groups in total. The van der Waals surface area contributed by atoms with Gasteiger partial charge in [-0.2, -0.15) is 4.31 Å². The van der Waals surface area contributed by atoms with Crippen LogP contribution in [0.1, 0.15) is 5.56 Å². The topological polar surface area (TPSA) is 55.8 Å². The number of hydrogen-bond donors (Lipinski definition) is 0. The van der Waals surface area contributed by atoms with E-state index in [9.17, 15) is 8.42 Å². The molecule has 2 aromatic rings. The lowest BCUT2D eigenvalue weighted by Gasteiger charge is -2.38. The Hall–Kier alpha value is -1.31. The Balaban J connectivity index is 1.64. The zero-order valence-electron chi connectivity index (χ0n) is 13.5. The van der Waals surface area contributed by atoms with Gasteiger partial charge in [-0.3, -0.25) is 0 Å². The first-order valence-corrected chi connectivity index (χ1v) is 9.80. The molecule has 0 bridgehead atoms. The minimum Gasteiger partial charge on any atom is -0.495 e. The summed E-state index contributed by atoms with van der Waals surface area (Å²) in [6, 6.07) is 11.9. The van der Waals surface area contributed by atoms with Crippen LogP contribution >= 0.6 is 23.2 Å². The van der Waals surface area contributed by atoms with Gasteiger partial charge in [-0.15, -0.1) is 0 Å². The zero-order chi connectivity index (χ0) is 18.0. The Kier molecular flexibility index (Phi) is 5.55. The van der Waals surface area contributed by atoms with Gasteiger partial charge in [0.15, 0.2) is 0 Å². The highest BCUT2D eigenvalue weighted by molar-refractivity contribution is 7.89. The third-order valence-corrected chi connectivity index (χ3v) is 6.45. The molecule has 0 aliphatic carbocycles. The molecular formula is C17H17Cl2NO4S. The number of benzene rings is 2. The van der Waals surface area contributed by atoms with E-state index in [1.54, 1.807) is 18.2 Å². The van der Waals surface area contributed by atoms with Crippen LogP contribution in [0, 0.1) is 0 Å². The van der Waals surface area contributed by atoms with E-state index < -0.39 is 10.0 Å². The average Bonchev–Trinajstić information content (AvgIpc) is 2.54. The highest BCUT2D eigenvalue weighted by Crippen LogP contribution is 2.32. The number of nitrogens with zero attached hydrogens (tertiary/aromatic N) is 1. The summed E-state index contributed by atoms with van der Waals surface area (Å²) >= 11 is 12.0. The van der Waals surface area contributed by atoms with E-state index in [0.717, 1.165) is 5.56 Å². The molecule has 0 saturated carbocycles. The van der Waals surface area contributed by atoms with Crippen molar-refractivity contribution in [2.24, 2.45) is 0 Å². The van der Waals surface area contributed by atoms with Crippen LogP contribution < -0.4 is 4.74 Å². The second kappa shape index (κ2) is 7.51. The van der Waals surface area contributed by atoms with Crippen LogP contribution in [0.25, 0.3) is 0 Å². The minimum atomic E-state index is -3.67. The maximum atomic E-state index is 12.7. The van der Waals surface area contributed by atoms with Gasteiger partial charge in [-0.05, 0) is 29.8 Å². The van der Waals surface area contributed by atoms with Crippen LogP contribution in [0.3, 0.4) is 0 Å². The van der Waals surface area contributed by atoms with Crippen LogP contribution in [0.2, 0.25) is 10.0 Å². The van der Waals surface area contributed by atoms with Crippen LogP contribution in [0.4, 0.5) is 0 Å². The van der Waals surface area contributed by atoms with Crippen molar-refractivity contribution >= 4 is 33.2 Å². The van der Waals surface area contributed by atoms with Crippen molar-refractivity contribution in [3.05, 3.63) is 58.1 Å². The number of sulfonamides is 1. The third-order valence-electron chi connectivity index (χ3n) is 3.99. The van der Waals surface area contributed by atoms with Gasteiger partial charge in [-0.25, -0.2) is 8.42 Å². The first kappa shape index (κ1) is 18.5. The van der Waals surface area contributed by atoms with Crippen molar-refractivity contribution in [2.75, 3.05) is 20.2 Å². The van der Waals surface area contributed by atoms with Crippen LogP contribution in [0.5, 0.6) is 5.75 Å². The summed E-state index contributed by atoms with van der Waals surface area (Å²) in [5.74, 6) is 0.268. The number of rotatable bonds is 6. The standard InChI is InChI=1S/C17H17Cl2NO4S/c1-23-16-7-6-13(18)8-17(16)25(21,22)20-9-14(10-20)24-11-12-4-2-3-5-15(12)19/h2-8,14H,9-11H2,1H3. The van der Waals surface area contributed by atoms with Crippen LogP contribution in [0.15, 0.2) is 47.4 Å². The molecule has 25 heavy (non-hydrogen) atoms. The Bertz CT molecular complexity index is 867. The number of ether oxygens (including phenoxy) is 2. The second-order valence-electron chi connectivity index (χ2n) is 5.64. The monoisotopic (exact) mass is 401 g/mol. The molecule has 8 heteroatoms. The van der Waals surface area contributed by atoms with Crippen molar-refractivity contribution in [1.29, 1.82) is 0 Å². The third kappa shape index (κ3) is 3.93. The Morgan fingerprint density at radius 3 is 2.56 bits per heavy atom. The quantitative estimate of drug-likeness (QED) is 0.741. The fourth-order valence-corrected chi connectivity index (χ4v) is 4.63. The van der Waals surface area contributed by atoms with Crippen LogP contribution in [-0.2, 0) is 21.4 Å². The molecule has 1 saturated heterocycles. The summed E-state index contributed by atoms with van der Waals surface area (Å²) in [7, 11) is -2.25. The second-order valence-corrected chi connectivity index (χ2v) is 8.39. The van der Waals surface area contributed by atoms with Crippen molar-refractivity contribution in [2.45, 2.75) is 17.6 Å². The molecule has 3 rings (SSSR count). The molecule has 0 amide bonds. The number of methoxy groups -OCH3 is 1. The summed E-state index contributed by atoms with van der Waals surface area (Å²) in [6.07, 6.45) is -0.170.